The van der Waals surface area contributed by atoms with Crippen LogP contribution < -0.4 is 5.32 Å². The summed E-state index contributed by atoms with van der Waals surface area (Å²) in [5.41, 5.74) is 2.00. The maximum atomic E-state index is 11.1. The number of rotatable bonds is 3. The van der Waals surface area contributed by atoms with Crippen LogP contribution >= 0.6 is 0 Å². The van der Waals surface area contributed by atoms with Crippen LogP contribution in [0.3, 0.4) is 0 Å². The van der Waals surface area contributed by atoms with Crippen molar-refractivity contribution in [3.63, 3.8) is 0 Å². The van der Waals surface area contributed by atoms with Crippen molar-refractivity contribution < 1.29 is 4.79 Å². The molecule has 0 radical (unpaired) electrons. The lowest BCUT2D eigenvalue weighted by molar-refractivity contribution is -0.116. The lowest BCUT2D eigenvalue weighted by Gasteiger charge is -1.99. The number of nitrogens with zero attached hydrogens (tertiary/aromatic N) is 2. The molecule has 14 heavy (non-hydrogen) atoms. The van der Waals surface area contributed by atoms with Crippen LogP contribution in [0.25, 0.3) is 0 Å². The van der Waals surface area contributed by atoms with Gasteiger partial charge in [0.25, 0.3) is 0 Å². The molecule has 0 saturated carbocycles. The molecule has 1 amide bonds. The molecule has 0 aliphatic rings. The van der Waals surface area contributed by atoms with E-state index in [1.807, 2.05) is 27.1 Å². The molecule has 0 fully saturated rings. The summed E-state index contributed by atoms with van der Waals surface area (Å²) in [5.74, 6) is -0.0734. The summed E-state index contributed by atoms with van der Waals surface area (Å²) in [5, 5.41) is 6.96. The number of nitrogens with one attached hydrogen (secondary N) is 1. The molecule has 4 nitrogen and oxygen atoms in total. The van der Waals surface area contributed by atoms with E-state index in [1.54, 1.807) is 10.8 Å². The number of aromatic nitrogens is 2. The van der Waals surface area contributed by atoms with Crippen LogP contribution in [0.15, 0.2) is 18.3 Å². The predicted octanol–water partition coefficient (Wildman–Crippen LogP) is 0.921. The van der Waals surface area contributed by atoms with E-state index in [-0.39, 0.29) is 5.91 Å². The molecule has 1 rings (SSSR count). The van der Waals surface area contributed by atoms with E-state index in [4.69, 9.17) is 0 Å². The van der Waals surface area contributed by atoms with E-state index in [2.05, 4.69) is 10.4 Å². The second-order valence-electron chi connectivity index (χ2n) is 3.13. The van der Waals surface area contributed by atoms with E-state index in [1.165, 1.54) is 6.08 Å². The first kappa shape index (κ1) is 10.5. The number of hydrogen-bond acceptors (Lipinski definition) is 2. The molecule has 1 aromatic heterocycles. The van der Waals surface area contributed by atoms with Crippen molar-refractivity contribution in [2.45, 2.75) is 20.4 Å². The Balaban J connectivity index is 2.53. The normalized spacial score (nSPS) is 10.8. The van der Waals surface area contributed by atoms with Crippen LogP contribution in [-0.2, 0) is 18.4 Å². The average Bonchev–Trinajstić information content (AvgIpc) is 2.42. The zero-order valence-corrected chi connectivity index (χ0v) is 8.74. The fourth-order valence-electron chi connectivity index (χ4n) is 1.21. The third-order valence-electron chi connectivity index (χ3n) is 1.89. The van der Waals surface area contributed by atoms with Gasteiger partial charge in [0.2, 0.25) is 5.91 Å². The number of carbonyl (C=O) groups is 1. The maximum Gasteiger partial charge on any atom is 0.243 e. The SMILES string of the molecule is C/C=C/C(=O)NCc1cn(C)nc1C. The highest BCUT2D eigenvalue weighted by Gasteiger charge is 2.03. The molecular weight excluding hydrogens is 178 g/mol. The fraction of sp³-hybridized carbons (Fsp3) is 0.400. The topological polar surface area (TPSA) is 46.9 Å². The van der Waals surface area contributed by atoms with E-state index in [0.717, 1.165) is 11.3 Å². The summed E-state index contributed by atoms with van der Waals surface area (Å²) in [6, 6.07) is 0. The van der Waals surface area contributed by atoms with Crippen molar-refractivity contribution in [2.75, 3.05) is 0 Å². The summed E-state index contributed by atoms with van der Waals surface area (Å²) < 4.78 is 1.74. The van der Waals surface area contributed by atoms with E-state index in [9.17, 15) is 4.79 Å². The van der Waals surface area contributed by atoms with Gasteiger partial charge >= 0.3 is 0 Å². The number of hydrogen-bond donors (Lipinski definition) is 1. The second kappa shape index (κ2) is 4.60. The van der Waals surface area contributed by atoms with Gasteiger partial charge in [-0.25, -0.2) is 0 Å². The van der Waals surface area contributed by atoms with Crippen LogP contribution in [0.5, 0.6) is 0 Å². The van der Waals surface area contributed by atoms with Gasteiger partial charge in [-0.05, 0) is 19.9 Å². The summed E-state index contributed by atoms with van der Waals surface area (Å²) in [6.45, 7) is 4.27. The third-order valence-corrected chi connectivity index (χ3v) is 1.89. The van der Waals surface area contributed by atoms with Crippen molar-refractivity contribution >= 4 is 5.91 Å². The van der Waals surface area contributed by atoms with Gasteiger partial charge < -0.3 is 5.32 Å². The van der Waals surface area contributed by atoms with Gasteiger partial charge in [-0.15, -0.1) is 0 Å². The molecule has 0 unspecified atom stereocenters. The largest absolute Gasteiger partial charge is 0.348 e. The molecule has 1 N–H and O–H groups in total. The second-order valence-corrected chi connectivity index (χ2v) is 3.13. The lowest BCUT2D eigenvalue weighted by atomic mass is 10.2. The molecule has 1 heterocycles. The first-order chi connectivity index (χ1) is 6.63. The Morgan fingerprint density at radius 1 is 1.71 bits per heavy atom. The lowest BCUT2D eigenvalue weighted by Crippen LogP contribution is -2.20. The summed E-state index contributed by atoms with van der Waals surface area (Å²) in [6.07, 6.45) is 5.13. The van der Waals surface area contributed by atoms with E-state index >= 15 is 0 Å². The van der Waals surface area contributed by atoms with Crippen LogP contribution in [0.4, 0.5) is 0 Å². The highest BCUT2D eigenvalue weighted by atomic mass is 16.1. The van der Waals surface area contributed by atoms with E-state index < -0.39 is 0 Å². The van der Waals surface area contributed by atoms with Gasteiger partial charge in [-0.2, -0.15) is 5.10 Å². The van der Waals surface area contributed by atoms with Crippen LogP contribution in [0, 0.1) is 6.92 Å². The van der Waals surface area contributed by atoms with Crippen molar-refractivity contribution in [3.8, 4) is 0 Å². The molecule has 0 aliphatic carbocycles. The monoisotopic (exact) mass is 193 g/mol. The molecule has 0 atom stereocenters. The Labute approximate surface area is 83.6 Å². The molecule has 0 saturated heterocycles. The first-order valence-electron chi connectivity index (χ1n) is 4.53. The Morgan fingerprint density at radius 3 is 2.93 bits per heavy atom. The summed E-state index contributed by atoms with van der Waals surface area (Å²) in [4.78, 5) is 11.1. The first-order valence-corrected chi connectivity index (χ1v) is 4.53. The van der Waals surface area contributed by atoms with Gasteiger partial charge in [-0.1, -0.05) is 6.08 Å². The third kappa shape index (κ3) is 2.73. The number of aryl methyl sites for hydroxylation is 2. The van der Waals surface area contributed by atoms with Crippen LogP contribution in [-0.4, -0.2) is 15.7 Å². The Bertz CT molecular complexity index is 352. The van der Waals surface area contributed by atoms with Gasteiger partial charge in [0.1, 0.15) is 0 Å². The molecule has 0 aliphatic heterocycles. The summed E-state index contributed by atoms with van der Waals surface area (Å²) in [7, 11) is 1.87. The minimum atomic E-state index is -0.0734. The van der Waals surface area contributed by atoms with Crippen molar-refractivity contribution in [2.24, 2.45) is 7.05 Å². The highest BCUT2D eigenvalue weighted by Crippen LogP contribution is 2.03. The summed E-state index contributed by atoms with van der Waals surface area (Å²) >= 11 is 0. The molecule has 1 aromatic rings. The molecule has 0 bridgehead atoms. The van der Waals surface area contributed by atoms with Gasteiger partial charge in [0, 0.05) is 25.4 Å². The minimum absolute atomic E-state index is 0.0734. The zero-order chi connectivity index (χ0) is 10.6. The van der Waals surface area contributed by atoms with E-state index in [0.29, 0.717) is 6.54 Å². The van der Waals surface area contributed by atoms with Gasteiger partial charge in [-0.3, -0.25) is 9.48 Å². The average molecular weight is 193 g/mol. The zero-order valence-electron chi connectivity index (χ0n) is 8.74. The van der Waals surface area contributed by atoms with Crippen LogP contribution in [0.1, 0.15) is 18.2 Å². The van der Waals surface area contributed by atoms with Crippen molar-refractivity contribution in [1.82, 2.24) is 15.1 Å². The molecule has 4 heteroatoms. The Kier molecular flexibility index (Phi) is 3.45. The Morgan fingerprint density at radius 2 is 2.43 bits per heavy atom. The molecule has 76 valence electrons. The van der Waals surface area contributed by atoms with Crippen molar-refractivity contribution in [3.05, 3.63) is 29.6 Å². The Hall–Kier alpha value is -1.58. The fourth-order valence-corrected chi connectivity index (χ4v) is 1.21. The maximum absolute atomic E-state index is 11.1. The molecular formula is C10H15N3O. The minimum Gasteiger partial charge on any atom is -0.348 e. The molecule has 0 spiro atoms. The van der Waals surface area contributed by atoms with Gasteiger partial charge in [0.15, 0.2) is 0 Å². The number of amides is 1. The highest BCUT2D eigenvalue weighted by molar-refractivity contribution is 5.87. The quantitative estimate of drug-likeness (QED) is 0.726. The van der Waals surface area contributed by atoms with Gasteiger partial charge in [0.05, 0.1) is 5.69 Å². The number of allylic oxidation sites excluding steroid dienone is 1. The molecule has 0 aromatic carbocycles. The standard InChI is InChI=1S/C10H15N3O/c1-4-5-10(14)11-6-9-7-13(3)12-8(9)2/h4-5,7H,6H2,1-3H3,(H,11,14)/b5-4+. The van der Waals surface area contributed by atoms with Crippen LogP contribution in [0.2, 0.25) is 0 Å². The predicted molar refractivity (Wildman–Crippen MR) is 54.6 cm³/mol. The van der Waals surface area contributed by atoms with Crippen molar-refractivity contribution in [1.29, 1.82) is 0 Å². The smallest absolute Gasteiger partial charge is 0.243 e. The number of carbonyl (C=O) groups excluding carboxylic acids is 1.